The number of hydrogen-bond acceptors (Lipinski definition) is 3. The van der Waals surface area contributed by atoms with E-state index in [-0.39, 0.29) is 24.4 Å². The fourth-order valence-corrected chi connectivity index (χ4v) is 3.33. The van der Waals surface area contributed by atoms with Crippen LogP contribution in [-0.2, 0) is 12.8 Å². The van der Waals surface area contributed by atoms with Gasteiger partial charge in [-0.05, 0) is 50.8 Å². The van der Waals surface area contributed by atoms with Crippen molar-refractivity contribution >= 4 is 34.2 Å². The van der Waals surface area contributed by atoms with Gasteiger partial charge in [-0.3, -0.25) is 4.79 Å². The molecule has 0 bridgehead atoms. The van der Waals surface area contributed by atoms with Crippen molar-refractivity contribution in [3.8, 4) is 5.69 Å². The van der Waals surface area contributed by atoms with Crippen LogP contribution < -0.4 is 11.1 Å². The van der Waals surface area contributed by atoms with Gasteiger partial charge in [0.25, 0.3) is 5.91 Å². The Balaban J connectivity index is 0.00000208. The smallest absolute Gasteiger partial charge is 0.272 e. The number of nitrogens with two attached hydrogens (primary N) is 1. The summed E-state index contributed by atoms with van der Waals surface area (Å²) in [4.78, 5) is 12.5. The number of carbonyl (C=O) groups excluding carboxylic acids is 1. The second-order valence-electron chi connectivity index (χ2n) is 6.04. The highest BCUT2D eigenvalue weighted by Gasteiger charge is 2.26. The molecular weight excluding hydrogens is 392 g/mol. The summed E-state index contributed by atoms with van der Waals surface area (Å²) in [5.41, 5.74) is 9.50. The van der Waals surface area contributed by atoms with Gasteiger partial charge >= 0.3 is 0 Å². The Kier molecular flexibility index (Phi) is 6.43. The molecule has 2 aromatic rings. The van der Waals surface area contributed by atoms with Crippen molar-refractivity contribution in [1.82, 2.24) is 15.1 Å². The van der Waals surface area contributed by atoms with Crippen molar-refractivity contribution in [3.05, 3.63) is 45.7 Å². The summed E-state index contributed by atoms with van der Waals surface area (Å²) < 4.78 is 2.91. The summed E-state index contributed by atoms with van der Waals surface area (Å²) in [5.74, 6) is -0.0995. The number of aromatic nitrogens is 2. The third kappa shape index (κ3) is 3.99. The summed E-state index contributed by atoms with van der Waals surface area (Å²) >= 11 is 3.49. The molecule has 1 heterocycles. The third-order valence-corrected chi connectivity index (χ3v) is 4.58. The quantitative estimate of drug-likeness (QED) is 0.791. The number of fused-ring (bicyclic) bond motifs is 1. The molecule has 1 amide bonds. The average molecular weight is 414 g/mol. The molecule has 5 nitrogen and oxygen atoms in total. The van der Waals surface area contributed by atoms with Crippen LogP contribution in [0.25, 0.3) is 5.69 Å². The van der Waals surface area contributed by atoms with Gasteiger partial charge in [-0.1, -0.05) is 22.0 Å². The zero-order valence-electron chi connectivity index (χ0n) is 13.6. The second kappa shape index (κ2) is 8.14. The van der Waals surface area contributed by atoms with E-state index in [9.17, 15) is 4.79 Å². The highest BCUT2D eigenvalue weighted by Crippen LogP contribution is 2.28. The monoisotopic (exact) mass is 412 g/mol. The molecule has 3 N–H and O–H groups in total. The molecule has 1 aliphatic carbocycles. The van der Waals surface area contributed by atoms with E-state index in [1.807, 2.05) is 35.9 Å². The Morgan fingerprint density at radius 2 is 2.25 bits per heavy atom. The SMILES string of the molecule is CC(N)CCNC(=O)c1nn(-c2cccc(Br)c2)c2c1CCC2.Cl. The van der Waals surface area contributed by atoms with Crippen molar-refractivity contribution in [1.29, 1.82) is 0 Å². The first-order valence-electron chi connectivity index (χ1n) is 7.96. The Labute approximate surface area is 156 Å². The zero-order chi connectivity index (χ0) is 16.4. The summed E-state index contributed by atoms with van der Waals surface area (Å²) in [5, 5.41) is 7.53. The van der Waals surface area contributed by atoms with Gasteiger partial charge in [0.2, 0.25) is 0 Å². The molecule has 1 unspecified atom stereocenters. The molecule has 0 aliphatic heterocycles. The molecule has 3 rings (SSSR count). The minimum absolute atomic E-state index is 0. The van der Waals surface area contributed by atoms with Crippen LogP contribution in [0.1, 0.15) is 41.5 Å². The number of benzene rings is 1. The molecule has 0 saturated heterocycles. The van der Waals surface area contributed by atoms with Crippen molar-refractivity contribution in [2.24, 2.45) is 5.73 Å². The van der Waals surface area contributed by atoms with E-state index >= 15 is 0 Å². The van der Waals surface area contributed by atoms with Crippen LogP contribution >= 0.6 is 28.3 Å². The molecule has 7 heteroatoms. The average Bonchev–Trinajstić information content (AvgIpc) is 3.08. The Bertz CT molecular complexity index is 729. The van der Waals surface area contributed by atoms with E-state index in [2.05, 4.69) is 26.3 Å². The third-order valence-electron chi connectivity index (χ3n) is 4.08. The maximum absolute atomic E-state index is 12.5. The Hall–Kier alpha value is -1.37. The largest absolute Gasteiger partial charge is 0.351 e. The summed E-state index contributed by atoms with van der Waals surface area (Å²) in [6.45, 7) is 2.51. The second-order valence-corrected chi connectivity index (χ2v) is 6.96. The maximum atomic E-state index is 12.5. The van der Waals surface area contributed by atoms with Crippen LogP contribution in [0, 0.1) is 0 Å². The highest BCUT2D eigenvalue weighted by molar-refractivity contribution is 9.10. The van der Waals surface area contributed by atoms with Crippen LogP contribution in [-0.4, -0.2) is 28.3 Å². The van der Waals surface area contributed by atoms with Gasteiger partial charge in [0.05, 0.1) is 5.69 Å². The van der Waals surface area contributed by atoms with E-state index in [0.29, 0.717) is 12.2 Å². The van der Waals surface area contributed by atoms with E-state index < -0.39 is 0 Å². The van der Waals surface area contributed by atoms with Crippen LogP contribution in [0.2, 0.25) is 0 Å². The molecule has 24 heavy (non-hydrogen) atoms. The predicted octanol–water partition coefficient (Wildman–Crippen LogP) is 3.01. The first kappa shape index (κ1) is 19.0. The van der Waals surface area contributed by atoms with Gasteiger partial charge in [0.1, 0.15) is 0 Å². The van der Waals surface area contributed by atoms with Gasteiger partial charge in [0.15, 0.2) is 5.69 Å². The first-order valence-corrected chi connectivity index (χ1v) is 8.76. The van der Waals surface area contributed by atoms with Gasteiger partial charge < -0.3 is 11.1 Å². The highest BCUT2D eigenvalue weighted by atomic mass is 79.9. The number of nitrogens with one attached hydrogen (secondary N) is 1. The van der Waals surface area contributed by atoms with Crippen LogP contribution in [0.15, 0.2) is 28.7 Å². The topological polar surface area (TPSA) is 72.9 Å². The van der Waals surface area contributed by atoms with E-state index in [0.717, 1.165) is 47.1 Å². The molecule has 130 valence electrons. The molecule has 1 atom stereocenters. The Morgan fingerprint density at radius 3 is 2.96 bits per heavy atom. The lowest BCUT2D eigenvalue weighted by Crippen LogP contribution is -2.29. The minimum Gasteiger partial charge on any atom is -0.351 e. The molecule has 0 saturated carbocycles. The fourth-order valence-electron chi connectivity index (χ4n) is 2.94. The van der Waals surface area contributed by atoms with Gasteiger partial charge in [-0.2, -0.15) is 5.10 Å². The van der Waals surface area contributed by atoms with Crippen molar-refractivity contribution in [2.75, 3.05) is 6.54 Å². The normalized spacial score (nSPS) is 14.0. The van der Waals surface area contributed by atoms with E-state index in [1.54, 1.807) is 0 Å². The zero-order valence-corrected chi connectivity index (χ0v) is 16.0. The van der Waals surface area contributed by atoms with Crippen molar-refractivity contribution < 1.29 is 4.79 Å². The lowest BCUT2D eigenvalue weighted by molar-refractivity contribution is 0.0946. The Morgan fingerprint density at radius 1 is 1.46 bits per heavy atom. The van der Waals surface area contributed by atoms with Gasteiger partial charge in [0, 0.05) is 28.3 Å². The molecular formula is C17H22BrClN4O. The molecule has 0 fully saturated rings. The molecule has 0 spiro atoms. The fraction of sp³-hybridized carbons (Fsp3) is 0.412. The van der Waals surface area contributed by atoms with E-state index in [1.165, 1.54) is 0 Å². The summed E-state index contributed by atoms with van der Waals surface area (Å²) in [6.07, 6.45) is 3.71. The molecule has 1 aliphatic rings. The number of halogens is 2. The van der Waals surface area contributed by atoms with Gasteiger partial charge in [-0.25, -0.2) is 4.68 Å². The number of hydrogen-bond donors (Lipinski definition) is 2. The van der Waals surface area contributed by atoms with Crippen molar-refractivity contribution in [3.63, 3.8) is 0 Å². The molecule has 1 aromatic heterocycles. The van der Waals surface area contributed by atoms with Crippen LogP contribution in [0.4, 0.5) is 0 Å². The molecule has 1 aromatic carbocycles. The number of rotatable bonds is 5. The van der Waals surface area contributed by atoms with Crippen LogP contribution in [0.5, 0.6) is 0 Å². The van der Waals surface area contributed by atoms with Crippen molar-refractivity contribution in [2.45, 2.75) is 38.6 Å². The number of nitrogens with zero attached hydrogens (tertiary/aromatic N) is 2. The standard InChI is InChI=1S/C17H21BrN4O.ClH/c1-11(19)8-9-20-17(23)16-14-6-3-7-15(14)22(21-16)13-5-2-4-12(18)10-13;/h2,4-5,10-11H,3,6-9,19H2,1H3,(H,20,23);1H. The lowest BCUT2D eigenvalue weighted by Gasteiger charge is -2.07. The lowest BCUT2D eigenvalue weighted by atomic mass is 10.2. The minimum atomic E-state index is -0.0995. The van der Waals surface area contributed by atoms with E-state index in [4.69, 9.17) is 5.73 Å². The number of carbonyl (C=O) groups is 1. The first-order chi connectivity index (χ1) is 11.1. The van der Waals surface area contributed by atoms with Crippen LogP contribution in [0.3, 0.4) is 0 Å². The summed E-state index contributed by atoms with van der Waals surface area (Å²) in [6, 6.07) is 8.07. The predicted molar refractivity (Wildman–Crippen MR) is 101 cm³/mol. The van der Waals surface area contributed by atoms with Gasteiger partial charge in [-0.15, -0.1) is 12.4 Å². The summed E-state index contributed by atoms with van der Waals surface area (Å²) in [7, 11) is 0. The maximum Gasteiger partial charge on any atom is 0.272 e. The number of amides is 1. The molecule has 0 radical (unpaired) electrons.